The molecule has 178 valence electrons. The molecular formula is C28H32N2O3S. The van der Waals surface area contributed by atoms with Crippen molar-refractivity contribution in [1.29, 1.82) is 0 Å². The van der Waals surface area contributed by atoms with Crippen LogP contribution in [0.25, 0.3) is 0 Å². The molecule has 1 atom stereocenters. The van der Waals surface area contributed by atoms with Crippen molar-refractivity contribution in [2.45, 2.75) is 62.3 Å². The number of benzene rings is 3. The molecule has 6 heteroatoms. The van der Waals surface area contributed by atoms with Gasteiger partial charge in [0.1, 0.15) is 0 Å². The molecular weight excluding hydrogens is 444 g/mol. The summed E-state index contributed by atoms with van der Waals surface area (Å²) in [4.78, 5) is 13.1. The third-order valence-corrected chi connectivity index (χ3v) is 7.98. The molecule has 34 heavy (non-hydrogen) atoms. The first-order valence-electron chi connectivity index (χ1n) is 11.9. The molecule has 3 aromatic rings. The predicted octanol–water partition coefficient (Wildman–Crippen LogP) is 6.09. The fraction of sp³-hybridized carbons (Fsp3) is 0.321. The first kappa shape index (κ1) is 24.2. The van der Waals surface area contributed by atoms with Gasteiger partial charge in [0.2, 0.25) is 15.9 Å². The summed E-state index contributed by atoms with van der Waals surface area (Å²) in [5.74, 6) is 0.364. The van der Waals surface area contributed by atoms with E-state index in [1.54, 1.807) is 24.3 Å². The number of rotatable bonds is 8. The number of amides is 1. The number of carbonyl (C=O) groups is 1. The van der Waals surface area contributed by atoms with E-state index in [4.69, 9.17) is 0 Å². The van der Waals surface area contributed by atoms with Gasteiger partial charge in [0.25, 0.3) is 0 Å². The number of hydrogen-bond donors (Lipinski definition) is 2. The van der Waals surface area contributed by atoms with Gasteiger partial charge in [-0.1, -0.05) is 79.4 Å². The second-order valence-electron chi connectivity index (χ2n) is 9.11. The Kier molecular flexibility index (Phi) is 7.80. The molecule has 2 N–H and O–H groups in total. The van der Waals surface area contributed by atoms with Crippen LogP contribution in [-0.2, 0) is 14.8 Å². The Bertz CT molecular complexity index is 1180. The highest BCUT2D eigenvalue weighted by Gasteiger charge is 2.24. The minimum Gasteiger partial charge on any atom is -0.326 e. The Morgan fingerprint density at radius 2 is 1.53 bits per heavy atom. The van der Waals surface area contributed by atoms with Crippen molar-refractivity contribution in [1.82, 2.24) is 4.72 Å². The zero-order valence-corrected chi connectivity index (χ0v) is 20.4. The van der Waals surface area contributed by atoms with Gasteiger partial charge in [0, 0.05) is 12.1 Å². The van der Waals surface area contributed by atoms with Gasteiger partial charge >= 0.3 is 0 Å². The standard InChI is InChI=1S/C28H32N2O3S/c1-21-12-18-26(19-13-21)34(32,33)30-27(24-10-6-3-7-11-24)20-28(31)29-25-16-14-23(15-17-25)22-8-4-2-5-9-22/h3,6-7,10-19,22,27,30H,2,4-5,8-9,20H2,1H3,(H,29,31)/t27-/m1/s1. The fourth-order valence-corrected chi connectivity index (χ4v) is 5.78. The van der Waals surface area contributed by atoms with Crippen LogP contribution in [0.15, 0.2) is 83.8 Å². The van der Waals surface area contributed by atoms with Crippen LogP contribution in [0, 0.1) is 6.92 Å². The van der Waals surface area contributed by atoms with Crippen molar-refractivity contribution in [2.24, 2.45) is 0 Å². The Balaban J connectivity index is 1.46. The van der Waals surface area contributed by atoms with E-state index in [-0.39, 0.29) is 17.2 Å². The molecule has 0 aliphatic heterocycles. The lowest BCUT2D eigenvalue weighted by molar-refractivity contribution is -0.116. The molecule has 0 spiro atoms. The number of anilines is 1. The highest BCUT2D eigenvalue weighted by Crippen LogP contribution is 2.33. The van der Waals surface area contributed by atoms with E-state index in [0.29, 0.717) is 5.92 Å². The number of nitrogens with one attached hydrogen (secondary N) is 2. The maximum absolute atomic E-state index is 13.0. The second-order valence-corrected chi connectivity index (χ2v) is 10.8. The maximum Gasteiger partial charge on any atom is 0.241 e. The summed E-state index contributed by atoms with van der Waals surface area (Å²) in [5, 5.41) is 2.93. The molecule has 0 heterocycles. The van der Waals surface area contributed by atoms with Gasteiger partial charge in [-0.05, 0) is 61.1 Å². The Labute approximate surface area is 202 Å². The first-order chi connectivity index (χ1) is 16.4. The van der Waals surface area contributed by atoms with Crippen LogP contribution in [0.3, 0.4) is 0 Å². The molecule has 1 fully saturated rings. The Hall–Kier alpha value is -2.96. The monoisotopic (exact) mass is 476 g/mol. The highest BCUT2D eigenvalue weighted by atomic mass is 32.2. The van der Waals surface area contributed by atoms with E-state index in [0.717, 1.165) is 16.8 Å². The van der Waals surface area contributed by atoms with E-state index in [2.05, 4.69) is 22.2 Å². The van der Waals surface area contributed by atoms with Crippen LogP contribution in [0.5, 0.6) is 0 Å². The van der Waals surface area contributed by atoms with Crippen molar-refractivity contribution in [3.63, 3.8) is 0 Å². The summed E-state index contributed by atoms with van der Waals surface area (Å²) in [6.07, 6.45) is 6.32. The lowest BCUT2D eigenvalue weighted by Crippen LogP contribution is -2.31. The first-order valence-corrected chi connectivity index (χ1v) is 13.4. The van der Waals surface area contributed by atoms with Crippen molar-refractivity contribution < 1.29 is 13.2 Å². The van der Waals surface area contributed by atoms with Crippen molar-refractivity contribution in [3.8, 4) is 0 Å². The Morgan fingerprint density at radius 1 is 0.882 bits per heavy atom. The highest BCUT2D eigenvalue weighted by molar-refractivity contribution is 7.89. The van der Waals surface area contributed by atoms with Crippen LogP contribution >= 0.6 is 0 Å². The van der Waals surface area contributed by atoms with Gasteiger partial charge < -0.3 is 5.32 Å². The summed E-state index contributed by atoms with van der Waals surface area (Å²) in [6.45, 7) is 1.91. The topological polar surface area (TPSA) is 75.3 Å². The molecule has 0 unspecified atom stereocenters. The molecule has 1 saturated carbocycles. The van der Waals surface area contributed by atoms with E-state index >= 15 is 0 Å². The minimum atomic E-state index is -3.79. The molecule has 0 bridgehead atoms. The third kappa shape index (κ3) is 6.33. The summed E-state index contributed by atoms with van der Waals surface area (Å²) in [5.41, 5.74) is 3.76. The van der Waals surface area contributed by atoms with Crippen molar-refractivity contribution in [3.05, 3.63) is 95.6 Å². The second kappa shape index (κ2) is 11.0. The normalized spacial score (nSPS) is 15.6. The molecule has 4 rings (SSSR count). The molecule has 1 aliphatic carbocycles. The van der Waals surface area contributed by atoms with Gasteiger partial charge in [-0.25, -0.2) is 13.1 Å². The van der Waals surface area contributed by atoms with Crippen LogP contribution < -0.4 is 10.0 Å². The summed E-state index contributed by atoms with van der Waals surface area (Å²) < 4.78 is 28.7. The molecule has 5 nitrogen and oxygen atoms in total. The predicted molar refractivity (Wildman–Crippen MR) is 136 cm³/mol. The molecule has 0 aromatic heterocycles. The van der Waals surface area contributed by atoms with Crippen LogP contribution in [-0.4, -0.2) is 14.3 Å². The SMILES string of the molecule is Cc1ccc(S(=O)(=O)N[C@H](CC(=O)Nc2ccc(C3CCCCC3)cc2)c2ccccc2)cc1. The van der Waals surface area contributed by atoms with Crippen LogP contribution in [0.1, 0.15) is 67.2 Å². The lowest BCUT2D eigenvalue weighted by Gasteiger charge is -2.22. The fourth-order valence-electron chi connectivity index (χ4n) is 4.56. The van der Waals surface area contributed by atoms with Crippen LogP contribution in [0.2, 0.25) is 0 Å². The smallest absolute Gasteiger partial charge is 0.241 e. The van der Waals surface area contributed by atoms with E-state index in [1.807, 2.05) is 49.4 Å². The quantitative estimate of drug-likeness (QED) is 0.413. The number of sulfonamides is 1. The van der Waals surface area contributed by atoms with E-state index in [1.165, 1.54) is 37.7 Å². The molecule has 0 saturated heterocycles. The molecule has 1 aliphatic rings. The molecule has 3 aromatic carbocycles. The van der Waals surface area contributed by atoms with Gasteiger partial charge in [-0.3, -0.25) is 4.79 Å². The van der Waals surface area contributed by atoms with Crippen molar-refractivity contribution in [2.75, 3.05) is 5.32 Å². The molecule has 1 amide bonds. The van der Waals surface area contributed by atoms with E-state index < -0.39 is 16.1 Å². The molecule has 0 radical (unpaired) electrons. The average molecular weight is 477 g/mol. The van der Waals surface area contributed by atoms with E-state index in [9.17, 15) is 13.2 Å². The summed E-state index contributed by atoms with van der Waals surface area (Å²) in [6, 6.07) is 23.3. The van der Waals surface area contributed by atoms with Crippen LogP contribution in [0.4, 0.5) is 5.69 Å². The number of hydrogen-bond acceptors (Lipinski definition) is 3. The average Bonchev–Trinajstić information content (AvgIpc) is 2.85. The zero-order valence-electron chi connectivity index (χ0n) is 19.5. The van der Waals surface area contributed by atoms with Gasteiger partial charge in [-0.15, -0.1) is 0 Å². The number of carbonyl (C=O) groups excluding carboxylic acids is 1. The van der Waals surface area contributed by atoms with Gasteiger partial charge in [-0.2, -0.15) is 0 Å². The van der Waals surface area contributed by atoms with Crippen molar-refractivity contribution >= 4 is 21.6 Å². The number of aryl methyl sites for hydroxylation is 1. The zero-order chi connectivity index (χ0) is 24.0. The largest absolute Gasteiger partial charge is 0.326 e. The third-order valence-electron chi connectivity index (χ3n) is 6.49. The minimum absolute atomic E-state index is 0.0144. The summed E-state index contributed by atoms with van der Waals surface area (Å²) >= 11 is 0. The van der Waals surface area contributed by atoms with Gasteiger partial charge in [0.05, 0.1) is 10.9 Å². The summed E-state index contributed by atoms with van der Waals surface area (Å²) in [7, 11) is -3.79. The lowest BCUT2D eigenvalue weighted by atomic mass is 9.84. The Morgan fingerprint density at radius 3 is 2.18 bits per heavy atom. The maximum atomic E-state index is 13.0. The van der Waals surface area contributed by atoms with Gasteiger partial charge in [0.15, 0.2) is 0 Å².